The lowest BCUT2D eigenvalue weighted by Crippen LogP contribution is -2.26. The highest BCUT2D eigenvalue weighted by atomic mass is 79.9. The minimum absolute atomic E-state index is 0.120. The molecule has 1 saturated carbocycles. The summed E-state index contributed by atoms with van der Waals surface area (Å²) in [6.07, 6.45) is 7.57. The number of rotatable bonds is 5. The summed E-state index contributed by atoms with van der Waals surface area (Å²) in [5.74, 6) is 0.887. The van der Waals surface area contributed by atoms with Crippen LogP contribution >= 0.6 is 15.9 Å². The second-order valence-electron chi connectivity index (χ2n) is 5.57. The average Bonchev–Trinajstić information content (AvgIpc) is 2.43. The fourth-order valence-electron chi connectivity index (χ4n) is 2.96. The predicted molar refractivity (Wildman–Crippen MR) is 85.1 cm³/mol. The number of halogens is 1. The zero-order chi connectivity index (χ0) is 14.5. The van der Waals surface area contributed by atoms with E-state index in [9.17, 15) is 10.1 Å². The number of anilines is 1. The Morgan fingerprint density at radius 2 is 2.05 bits per heavy atom. The molecule has 1 aliphatic rings. The highest BCUT2D eigenvalue weighted by molar-refractivity contribution is 9.10. The molecule has 1 aromatic carbocycles. The van der Waals surface area contributed by atoms with Crippen molar-refractivity contribution in [2.24, 2.45) is 5.92 Å². The minimum atomic E-state index is -0.371. The Bertz CT molecular complexity index is 471. The number of hydrogen-bond acceptors (Lipinski definition) is 3. The second kappa shape index (κ2) is 7.07. The van der Waals surface area contributed by atoms with Crippen LogP contribution in [0.2, 0.25) is 0 Å². The van der Waals surface area contributed by atoms with Gasteiger partial charge in [0.25, 0.3) is 5.69 Å². The number of nitrogens with zero attached hydrogens (tertiary/aromatic N) is 1. The normalized spacial score (nSPS) is 22.5. The van der Waals surface area contributed by atoms with Crippen LogP contribution in [0, 0.1) is 16.0 Å². The molecular formula is C15H21BrN2O2. The van der Waals surface area contributed by atoms with Crippen LogP contribution in [0.1, 0.15) is 45.4 Å². The largest absolute Gasteiger partial charge is 0.381 e. The molecule has 0 aliphatic heterocycles. The second-order valence-corrected chi connectivity index (χ2v) is 6.43. The van der Waals surface area contributed by atoms with Gasteiger partial charge in [-0.15, -0.1) is 0 Å². The standard InChI is InChI=1S/C15H21BrN2O2/c1-2-3-11-4-6-12(7-5-11)17-15-9-8-13(18(19)20)10-14(15)16/h8-12,17H,2-7H2,1H3. The maximum Gasteiger partial charge on any atom is 0.270 e. The minimum Gasteiger partial charge on any atom is -0.381 e. The smallest absolute Gasteiger partial charge is 0.270 e. The van der Waals surface area contributed by atoms with Gasteiger partial charge in [-0.1, -0.05) is 19.8 Å². The van der Waals surface area contributed by atoms with Crippen LogP contribution in [0.15, 0.2) is 22.7 Å². The van der Waals surface area contributed by atoms with Crippen molar-refractivity contribution in [1.82, 2.24) is 0 Å². The van der Waals surface area contributed by atoms with Crippen LogP contribution in [0.4, 0.5) is 11.4 Å². The average molecular weight is 341 g/mol. The van der Waals surface area contributed by atoms with Gasteiger partial charge in [0, 0.05) is 28.3 Å². The molecule has 110 valence electrons. The van der Waals surface area contributed by atoms with Gasteiger partial charge in [0.05, 0.1) is 4.92 Å². The lowest BCUT2D eigenvalue weighted by molar-refractivity contribution is -0.384. The third kappa shape index (κ3) is 3.95. The summed E-state index contributed by atoms with van der Waals surface area (Å²) < 4.78 is 0.766. The van der Waals surface area contributed by atoms with Gasteiger partial charge in [-0.2, -0.15) is 0 Å². The van der Waals surface area contributed by atoms with Gasteiger partial charge in [-0.25, -0.2) is 0 Å². The van der Waals surface area contributed by atoms with Gasteiger partial charge in [0.1, 0.15) is 0 Å². The first-order chi connectivity index (χ1) is 9.60. The molecule has 0 unspecified atom stereocenters. The molecule has 20 heavy (non-hydrogen) atoms. The van der Waals surface area contributed by atoms with Gasteiger partial charge in [0.15, 0.2) is 0 Å². The molecule has 1 N–H and O–H groups in total. The Morgan fingerprint density at radius 1 is 1.35 bits per heavy atom. The topological polar surface area (TPSA) is 55.2 Å². The fourth-order valence-corrected chi connectivity index (χ4v) is 3.44. The molecule has 0 bridgehead atoms. The zero-order valence-electron chi connectivity index (χ0n) is 11.8. The quantitative estimate of drug-likeness (QED) is 0.597. The molecule has 0 amide bonds. The molecule has 2 rings (SSSR count). The number of hydrogen-bond donors (Lipinski definition) is 1. The van der Waals surface area contributed by atoms with E-state index in [2.05, 4.69) is 28.2 Å². The third-order valence-corrected chi connectivity index (χ3v) is 4.72. The van der Waals surface area contributed by atoms with Gasteiger partial charge in [0.2, 0.25) is 0 Å². The van der Waals surface area contributed by atoms with Crippen LogP contribution in [-0.2, 0) is 0 Å². The summed E-state index contributed by atoms with van der Waals surface area (Å²) in [5, 5.41) is 14.2. The van der Waals surface area contributed by atoms with E-state index in [1.807, 2.05) is 0 Å². The molecular weight excluding hydrogens is 320 g/mol. The first-order valence-corrected chi connectivity index (χ1v) is 8.10. The monoisotopic (exact) mass is 340 g/mol. The van der Waals surface area contributed by atoms with Crippen molar-refractivity contribution >= 4 is 27.3 Å². The summed E-state index contributed by atoms with van der Waals surface area (Å²) in [6.45, 7) is 2.25. The Hall–Kier alpha value is -1.10. The first-order valence-electron chi connectivity index (χ1n) is 7.30. The highest BCUT2D eigenvalue weighted by Crippen LogP contribution is 2.32. The predicted octanol–water partition coefficient (Wildman–Crippen LogP) is 5.13. The van der Waals surface area contributed by atoms with Crippen molar-refractivity contribution in [3.05, 3.63) is 32.8 Å². The third-order valence-electron chi connectivity index (χ3n) is 4.07. The molecule has 1 aromatic rings. The molecule has 0 saturated heterocycles. The molecule has 4 nitrogen and oxygen atoms in total. The first kappa shape index (κ1) is 15.3. The molecule has 1 fully saturated rings. The summed E-state index contributed by atoms with van der Waals surface area (Å²) in [6, 6.07) is 5.39. The molecule has 0 heterocycles. The van der Waals surface area contributed by atoms with Crippen molar-refractivity contribution < 1.29 is 4.92 Å². The van der Waals surface area contributed by atoms with Crippen molar-refractivity contribution in [2.45, 2.75) is 51.5 Å². The molecule has 0 aromatic heterocycles. The van der Waals surface area contributed by atoms with Crippen LogP contribution < -0.4 is 5.32 Å². The Balaban J connectivity index is 1.93. The SMILES string of the molecule is CCCC1CCC(Nc2ccc([N+](=O)[O-])cc2Br)CC1. The van der Waals surface area contributed by atoms with Crippen LogP contribution in [0.3, 0.4) is 0 Å². The summed E-state index contributed by atoms with van der Waals surface area (Å²) in [4.78, 5) is 10.3. The molecule has 0 spiro atoms. The molecule has 1 aliphatic carbocycles. The number of benzene rings is 1. The molecule has 0 atom stereocenters. The lowest BCUT2D eigenvalue weighted by Gasteiger charge is -2.29. The summed E-state index contributed by atoms with van der Waals surface area (Å²) in [7, 11) is 0. The molecule has 0 radical (unpaired) electrons. The maximum atomic E-state index is 10.7. The summed E-state index contributed by atoms with van der Waals surface area (Å²) >= 11 is 3.41. The van der Waals surface area contributed by atoms with Crippen molar-refractivity contribution in [3.63, 3.8) is 0 Å². The van der Waals surface area contributed by atoms with E-state index in [4.69, 9.17) is 0 Å². The fraction of sp³-hybridized carbons (Fsp3) is 0.600. The number of non-ortho nitro benzene ring substituents is 1. The lowest BCUT2D eigenvalue weighted by atomic mass is 9.83. The summed E-state index contributed by atoms with van der Waals surface area (Å²) in [5.41, 5.74) is 1.07. The maximum absolute atomic E-state index is 10.7. The van der Waals surface area contributed by atoms with Crippen LogP contribution in [-0.4, -0.2) is 11.0 Å². The van der Waals surface area contributed by atoms with Crippen molar-refractivity contribution in [1.29, 1.82) is 0 Å². The van der Waals surface area contributed by atoms with E-state index in [1.165, 1.54) is 38.5 Å². The van der Waals surface area contributed by atoms with Gasteiger partial charge in [-0.3, -0.25) is 10.1 Å². The van der Waals surface area contributed by atoms with E-state index >= 15 is 0 Å². The van der Waals surface area contributed by atoms with E-state index < -0.39 is 0 Å². The van der Waals surface area contributed by atoms with Crippen LogP contribution in [0.5, 0.6) is 0 Å². The van der Waals surface area contributed by atoms with Gasteiger partial charge < -0.3 is 5.32 Å². The Kier molecular flexibility index (Phi) is 5.40. The number of nitrogens with one attached hydrogen (secondary N) is 1. The van der Waals surface area contributed by atoms with E-state index in [0.29, 0.717) is 6.04 Å². The highest BCUT2D eigenvalue weighted by Gasteiger charge is 2.21. The Labute approximate surface area is 128 Å². The van der Waals surface area contributed by atoms with E-state index in [-0.39, 0.29) is 10.6 Å². The number of nitro benzene ring substituents is 1. The van der Waals surface area contributed by atoms with Gasteiger partial charge in [-0.05, 0) is 53.6 Å². The van der Waals surface area contributed by atoms with Crippen molar-refractivity contribution in [3.8, 4) is 0 Å². The van der Waals surface area contributed by atoms with Crippen molar-refractivity contribution in [2.75, 3.05) is 5.32 Å². The molecule has 5 heteroatoms. The Morgan fingerprint density at radius 3 is 2.60 bits per heavy atom. The zero-order valence-corrected chi connectivity index (χ0v) is 13.4. The van der Waals surface area contributed by atoms with E-state index in [0.717, 1.165) is 16.1 Å². The number of nitro groups is 1. The van der Waals surface area contributed by atoms with Crippen LogP contribution in [0.25, 0.3) is 0 Å². The van der Waals surface area contributed by atoms with Gasteiger partial charge >= 0.3 is 0 Å². The van der Waals surface area contributed by atoms with E-state index in [1.54, 1.807) is 18.2 Å².